The van der Waals surface area contributed by atoms with Crippen molar-refractivity contribution >= 4 is 34.5 Å². The highest BCUT2D eigenvalue weighted by molar-refractivity contribution is 6.28. The van der Waals surface area contributed by atoms with Gasteiger partial charge in [-0.2, -0.15) is 9.97 Å². The average molecular weight is 455 g/mol. The zero-order chi connectivity index (χ0) is 22.2. The van der Waals surface area contributed by atoms with Crippen molar-refractivity contribution in [2.24, 2.45) is 11.3 Å². The Balaban J connectivity index is 1.32. The minimum Gasteiger partial charge on any atom is -0.389 e. The molecule has 7 atom stereocenters. The molecule has 1 amide bonds. The van der Waals surface area contributed by atoms with Gasteiger partial charge in [0.1, 0.15) is 6.10 Å². The van der Waals surface area contributed by atoms with E-state index < -0.39 is 23.7 Å². The topological polar surface area (TPSA) is 125 Å². The first-order valence-corrected chi connectivity index (χ1v) is 11.1. The molecule has 0 bridgehead atoms. The molecule has 3 aromatic rings. The minimum atomic E-state index is -1.15. The number of aliphatic hydroxyl groups excluding tert-OH is 2. The van der Waals surface area contributed by atoms with Crippen molar-refractivity contribution in [1.29, 1.82) is 0 Å². The molecule has 3 aliphatic rings. The van der Waals surface area contributed by atoms with Gasteiger partial charge in [-0.25, -0.2) is 4.98 Å². The van der Waals surface area contributed by atoms with Gasteiger partial charge in [0.15, 0.2) is 17.0 Å². The number of carbonyl (C=O) groups is 1. The Kier molecular flexibility index (Phi) is 4.27. The Bertz CT molecular complexity index is 1220. The van der Waals surface area contributed by atoms with Crippen LogP contribution in [0.3, 0.4) is 0 Å². The molecule has 0 saturated heterocycles. The summed E-state index contributed by atoms with van der Waals surface area (Å²) in [4.78, 5) is 25.7. The second kappa shape index (κ2) is 6.87. The zero-order valence-corrected chi connectivity index (χ0v) is 18.1. The first kappa shape index (κ1) is 19.9. The third-order valence-electron chi connectivity index (χ3n) is 7.38. The van der Waals surface area contributed by atoms with Crippen molar-refractivity contribution in [1.82, 2.24) is 24.8 Å². The fourth-order valence-corrected chi connectivity index (χ4v) is 5.76. The normalized spacial score (nSPS) is 34.9. The Morgan fingerprint density at radius 1 is 1.25 bits per heavy atom. The first-order valence-electron chi connectivity index (χ1n) is 10.8. The number of carbonyl (C=O) groups excluding carboxylic acids is 1. The van der Waals surface area contributed by atoms with E-state index >= 15 is 0 Å². The molecule has 166 valence electrons. The average Bonchev–Trinajstić information content (AvgIpc) is 3.67. The molecule has 3 aliphatic carbocycles. The quantitative estimate of drug-likeness (QED) is 0.430. The lowest BCUT2D eigenvalue weighted by atomic mass is 9.98. The van der Waals surface area contributed by atoms with Crippen LogP contribution in [0.4, 0.5) is 5.82 Å². The van der Waals surface area contributed by atoms with Crippen LogP contribution in [-0.4, -0.2) is 60.9 Å². The predicted molar refractivity (Wildman–Crippen MR) is 117 cm³/mol. The molecule has 9 nitrogen and oxygen atoms in total. The Hall–Kier alpha value is -2.75. The molecule has 32 heavy (non-hydrogen) atoms. The highest BCUT2D eigenvalue weighted by Gasteiger charge is 2.75. The second-order valence-electron chi connectivity index (χ2n) is 9.03. The van der Waals surface area contributed by atoms with Gasteiger partial charge in [-0.3, -0.25) is 4.79 Å². The number of halogens is 1. The first-order chi connectivity index (χ1) is 15.5. The second-order valence-corrected chi connectivity index (χ2v) is 9.36. The third kappa shape index (κ3) is 2.71. The third-order valence-corrected chi connectivity index (χ3v) is 7.55. The number of anilines is 1. The molecule has 10 heteroatoms. The van der Waals surface area contributed by atoms with Crippen molar-refractivity contribution in [3.63, 3.8) is 0 Å². The smallest absolute Gasteiger partial charge is 0.229 e. The highest BCUT2D eigenvalue weighted by atomic mass is 35.5. The SMILES string of the molecule is CNC(=O)[C@]12C[C@H]1[C@@H](n1cnc3c(N[C@H]4C[C@@H]4c4ccccc4)nc(Cl)nc31)[C@H](O)[C@@H]2O. The summed E-state index contributed by atoms with van der Waals surface area (Å²) in [6.07, 6.45) is 0.807. The van der Waals surface area contributed by atoms with Crippen molar-refractivity contribution in [2.45, 2.75) is 43.1 Å². The van der Waals surface area contributed by atoms with E-state index in [-0.39, 0.29) is 23.2 Å². The standard InChI is InChI=1S/C22H23ClN6O3/c1-24-20(32)22-8-12(22)15(16(30)17(22)31)29-9-25-14-18(27-21(23)28-19(14)29)26-13-7-11(13)10-5-3-2-4-6-10/h2-6,9,11-13,15-17,30-31H,7-8H2,1H3,(H,24,32)(H,26,27,28)/t11-,12+,13+,15-,16+,17+,22-/m1/s1. The summed E-state index contributed by atoms with van der Waals surface area (Å²) < 4.78 is 1.73. The molecule has 1 aromatic carbocycles. The molecular formula is C22H23ClN6O3. The van der Waals surface area contributed by atoms with Gasteiger partial charge in [0.25, 0.3) is 0 Å². The molecular weight excluding hydrogens is 432 g/mol. The van der Waals surface area contributed by atoms with Crippen LogP contribution < -0.4 is 10.6 Å². The van der Waals surface area contributed by atoms with Gasteiger partial charge < -0.3 is 25.4 Å². The van der Waals surface area contributed by atoms with Crippen molar-refractivity contribution < 1.29 is 15.0 Å². The molecule has 4 N–H and O–H groups in total. The molecule has 2 aromatic heterocycles. The summed E-state index contributed by atoms with van der Waals surface area (Å²) in [5.41, 5.74) is 1.33. The van der Waals surface area contributed by atoms with Crippen LogP contribution in [-0.2, 0) is 4.79 Å². The van der Waals surface area contributed by atoms with E-state index in [1.54, 1.807) is 10.9 Å². The van der Waals surface area contributed by atoms with E-state index in [1.807, 2.05) is 18.2 Å². The van der Waals surface area contributed by atoms with Crippen LogP contribution in [0.15, 0.2) is 36.7 Å². The number of hydrogen-bond donors (Lipinski definition) is 4. The van der Waals surface area contributed by atoms with Gasteiger partial charge in [-0.15, -0.1) is 0 Å². The molecule has 0 aliphatic heterocycles. The molecule has 3 fully saturated rings. The van der Waals surface area contributed by atoms with Crippen LogP contribution in [0.2, 0.25) is 5.28 Å². The Labute approximate surface area is 188 Å². The van der Waals surface area contributed by atoms with E-state index in [0.717, 1.165) is 6.42 Å². The fraction of sp³-hybridized carbons (Fsp3) is 0.455. The molecule has 6 rings (SSSR count). The number of nitrogens with zero attached hydrogens (tertiary/aromatic N) is 4. The summed E-state index contributed by atoms with van der Waals surface area (Å²) >= 11 is 6.25. The summed E-state index contributed by atoms with van der Waals surface area (Å²) in [7, 11) is 1.54. The molecule has 0 spiro atoms. The van der Waals surface area contributed by atoms with E-state index in [4.69, 9.17) is 11.6 Å². The van der Waals surface area contributed by atoms with E-state index in [1.165, 1.54) is 12.6 Å². The predicted octanol–water partition coefficient (Wildman–Crippen LogP) is 1.48. The summed E-state index contributed by atoms with van der Waals surface area (Å²) in [5, 5.41) is 27.6. The van der Waals surface area contributed by atoms with Gasteiger partial charge in [0.05, 0.1) is 23.9 Å². The zero-order valence-electron chi connectivity index (χ0n) is 17.3. The van der Waals surface area contributed by atoms with Gasteiger partial charge in [0, 0.05) is 24.9 Å². The Morgan fingerprint density at radius 2 is 2.03 bits per heavy atom. The molecule has 0 unspecified atom stereocenters. The minimum absolute atomic E-state index is 0.0695. The van der Waals surface area contributed by atoms with Crippen molar-refractivity contribution in [3.05, 3.63) is 47.5 Å². The fourth-order valence-electron chi connectivity index (χ4n) is 5.59. The van der Waals surface area contributed by atoms with Gasteiger partial charge >= 0.3 is 0 Å². The van der Waals surface area contributed by atoms with Crippen LogP contribution >= 0.6 is 11.6 Å². The molecule has 0 radical (unpaired) electrons. The lowest BCUT2D eigenvalue weighted by molar-refractivity contribution is -0.132. The number of aliphatic hydroxyl groups is 2. The molecule has 3 saturated carbocycles. The summed E-state index contributed by atoms with van der Waals surface area (Å²) in [5.74, 6) is 0.481. The van der Waals surface area contributed by atoms with E-state index in [2.05, 4.69) is 37.7 Å². The number of amides is 1. The van der Waals surface area contributed by atoms with Crippen LogP contribution in [0.5, 0.6) is 0 Å². The number of fused-ring (bicyclic) bond motifs is 2. The van der Waals surface area contributed by atoms with Crippen LogP contribution in [0, 0.1) is 11.3 Å². The number of aromatic nitrogens is 4. The van der Waals surface area contributed by atoms with Gasteiger partial charge in [-0.05, 0) is 30.0 Å². The summed E-state index contributed by atoms with van der Waals surface area (Å²) in [6, 6.07) is 10.00. The number of hydrogen-bond acceptors (Lipinski definition) is 7. The lowest BCUT2D eigenvalue weighted by Gasteiger charge is -2.23. The maximum atomic E-state index is 12.4. The maximum Gasteiger partial charge on any atom is 0.229 e. The van der Waals surface area contributed by atoms with E-state index in [0.29, 0.717) is 29.3 Å². The largest absolute Gasteiger partial charge is 0.389 e. The molecule has 2 heterocycles. The highest BCUT2D eigenvalue weighted by Crippen LogP contribution is 2.67. The number of benzene rings is 1. The number of nitrogens with one attached hydrogen (secondary N) is 2. The van der Waals surface area contributed by atoms with Crippen molar-refractivity contribution in [2.75, 3.05) is 12.4 Å². The van der Waals surface area contributed by atoms with Gasteiger partial charge in [0.2, 0.25) is 11.2 Å². The Morgan fingerprint density at radius 3 is 2.78 bits per heavy atom. The monoisotopic (exact) mass is 454 g/mol. The lowest BCUT2D eigenvalue weighted by Crippen LogP contribution is -2.41. The van der Waals surface area contributed by atoms with Crippen LogP contribution in [0.1, 0.15) is 30.4 Å². The van der Waals surface area contributed by atoms with Crippen molar-refractivity contribution in [3.8, 4) is 0 Å². The van der Waals surface area contributed by atoms with Crippen LogP contribution in [0.25, 0.3) is 11.2 Å². The number of imidazole rings is 1. The van der Waals surface area contributed by atoms with E-state index in [9.17, 15) is 15.0 Å². The van der Waals surface area contributed by atoms with Gasteiger partial charge in [-0.1, -0.05) is 30.3 Å². The maximum absolute atomic E-state index is 12.4. The number of rotatable bonds is 5. The summed E-state index contributed by atoms with van der Waals surface area (Å²) in [6.45, 7) is 0.